The highest BCUT2D eigenvalue weighted by atomic mass is 35.5. The smallest absolute Gasteiger partial charge is 0.308 e. The summed E-state index contributed by atoms with van der Waals surface area (Å²) in [6, 6.07) is 7.55. The van der Waals surface area contributed by atoms with Crippen molar-refractivity contribution in [2.45, 2.75) is 19.3 Å². The van der Waals surface area contributed by atoms with Crippen LogP contribution in [-0.2, 0) is 9.59 Å². The van der Waals surface area contributed by atoms with Crippen LogP contribution in [0.3, 0.4) is 0 Å². The van der Waals surface area contributed by atoms with Crippen LogP contribution in [0.5, 0.6) is 0 Å². The van der Waals surface area contributed by atoms with Gasteiger partial charge in [-0.1, -0.05) is 36.7 Å². The fourth-order valence-corrected chi connectivity index (χ4v) is 2.73. The van der Waals surface area contributed by atoms with E-state index in [0.717, 1.165) is 12.0 Å². The Balaban J connectivity index is 1.96. The predicted molar refractivity (Wildman–Crippen MR) is 76.7 cm³/mol. The Hall–Kier alpha value is -1.55. The number of carboxylic acids is 1. The second kappa shape index (κ2) is 5.83. The molecule has 1 aliphatic carbocycles. The van der Waals surface area contributed by atoms with Gasteiger partial charge in [-0.25, -0.2) is 0 Å². The minimum atomic E-state index is -0.886. The van der Waals surface area contributed by atoms with E-state index in [0.29, 0.717) is 5.02 Å². The second-order valence-corrected chi connectivity index (χ2v) is 5.84. The zero-order valence-corrected chi connectivity index (χ0v) is 12.3. The predicted octanol–water partition coefficient (Wildman–Crippen LogP) is 2.62. The summed E-state index contributed by atoms with van der Waals surface area (Å²) in [5.41, 5.74) is 1.01. The molecule has 5 heteroatoms. The van der Waals surface area contributed by atoms with Crippen LogP contribution in [0.4, 0.5) is 0 Å². The Morgan fingerprint density at radius 1 is 1.45 bits per heavy atom. The number of hydrogen-bond acceptors (Lipinski definition) is 2. The Labute approximate surface area is 123 Å². The summed E-state index contributed by atoms with van der Waals surface area (Å²) in [5.74, 6) is -1.34. The molecule has 1 aromatic carbocycles. The summed E-state index contributed by atoms with van der Waals surface area (Å²) in [6.45, 7) is 1.84. The van der Waals surface area contributed by atoms with Crippen molar-refractivity contribution in [2.75, 3.05) is 13.6 Å². The van der Waals surface area contributed by atoms with Gasteiger partial charge in [0.2, 0.25) is 5.91 Å². The van der Waals surface area contributed by atoms with Crippen molar-refractivity contribution >= 4 is 23.5 Å². The van der Waals surface area contributed by atoms with E-state index in [2.05, 4.69) is 0 Å². The molecular weight excluding hydrogens is 278 g/mol. The number of benzene rings is 1. The number of nitrogens with zero attached hydrogens (tertiary/aromatic N) is 1. The van der Waals surface area contributed by atoms with E-state index >= 15 is 0 Å². The molecule has 20 heavy (non-hydrogen) atoms. The van der Waals surface area contributed by atoms with Gasteiger partial charge in [0, 0.05) is 24.5 Å². The molecular formula is C15H18ClNO3. The zero-order chi connectivity index (χ0) is 14.9. The van der Waals surface area contributed by atoms with Crippen molar-refractivity contribution in [1.82, 2.24) is 4.90 Å². The van der Waals surface area contributed by atoms with Gasteiger partial charge in [0.25, 0.3) is 0 Å². The lowest BCUT2D eigenvalue weighted by Crippen LogP contribution is -2.34. The highest BCUT2D eigenvalue weighted by molar-refractivity contribution is 6.31. The van der Waals surface area contributed by atoms with Gasteiger partial charge < -0.3 is 10.0 Å². The first kappa shape index (κ1) is 14.9. The van der Waals surface area contributed by atoms with Gasteiger partial charge in [-0.15, -0.1) is 0 Å². The van der Waals surface area contributed by atoms with Gasteiger partial charge in [0.1, 0.15) is 0 Å². The first-order valence-electron chi connectivity index (χ1n) is 6.64. The SMILES string of the molecule is C[C@H](CN(C)C(=O)[C@H]1C[C@@H]1c1ccccc1Cl)C(=O)O. The average molecular weight is 296 g/mol. The van der Waals surface area contributed by atoms with E-state index in [1.165, 1.54) is 4.90 Å². The number of carbonyl (C=O) groups excluding carboxylic acids is 1. The topological polar surface area (TPSA) is 57.6 Å². The van der Waals surface area contributed by atoms with Crippen LogP contribution in [0, 0.1) is 11.8 Å². The number of carboxylic acid groups (broad SMARTS) is 1. The number of amides is 1. The zero-order valence-electron chi connectivity index (χ0n) is 11.5. The molecule has 0 saturated heterocycles. The first-order valence-corrected chi connectivity index (χ1v) is 7.01. The minimum absolute atomic E-state index is 0.00280. The van der Waals surface area contributed by atoms with Crippen molar-refractivity contribution in [3.63, 3.8) is 0 Å². The molecule has 3 atom stereocenters. The average Bonchev–Trinajstić information content (AvgIpc) is 3.18. The van der Waals surface area contributed by atoms with Gasteiger partial charge in [-0.3, -0.25) is 9.59 Å². The number of aliphatic carboxylic acids is 1. The monoisotopic (exact) mass is 295 g/mol. The largest absolute Gasteiger partial charge is 0.481 e. The molecule has 108 valence electrons. The number of hydrogen-bond donors (Lipinski definition) is 1. The van der Waals surface area contributed by atoms with Gasteiger partial charge in [0.05, 0.1) is 5.92 Å². The lowest BCUT2D eigenvalue weighted by atomic mass is 10.1. The lowest BCUT2D eigenvalue weighted by Gasteiger charge is -2.19. The molecule has 1 aliphatic rings. The third-order valence-corrected chi connectivity index (χ3v) is 4.10. The quantitative estimate of drug-likeness (QED) is 0.908. The van der Waals surface area contributed by atoms with E-state index in [1.54, 1.807) is 14.0 Å². The summed E-state index contributed by atoms with van der Waals surface area (Å²) in [6.07, 6.45) is 0.786. The summed E-state index contributed by atoms with van der Waals surface area (Å²) >= 11 is 6.13. The third-order valence-electron chi connectivity index (χ3n) is 3.76. The second-order valence-electron chi connectivity index (χ2n) is 5.43. The Morgan fingerprint density at radius 3 is 2.70 bits per heavy atom. The third kappa shape index (κ3) is 3.12. The Bertz CT molecular complexity index is 532. The summed E-state index contributed by atoms with van der Waals surface area (Å²) in [5, 5.41) is 9.57. The van der Waals surface area contributed by atoms with Crippen LogP contribution in [-0.4, -0.2) is 35.5 Å². The molecule has 0 unspecified atom stereocenters. The van der Waals surface area contributed by atoms with Crippen LogP contribution in [0.2, 0.25) is 5.02 Å². The van der Waals surface area contributed by atoms with Crippen molar-refractivity contribution in [3.05, 3.63) is 34.9 Å². The maximum Gasteiger partial charge on any atom is 0.308 e. The molecule has 1 saturated carbocycles. The molecule has 0 bridgehead atoms. The highest BCUT2D eigenvalue weighted by Crippen LogP contribution is 2.50. The van der Waals surface area contributed by atoms with Gasteiger partial charge in [-0.05, 0) is 24.0 Å². The number of carbonyl (C=O) groups is 2. The number of rotatable bonds is 5. The standard InChI is InChI=1S/C15H18ClNO3/c1-9(15(19)20)8-17(2)14(18)12-7-11(12)10-5-3-4-6-13(10)16/h3-6,9,11-12H,7-8H2,1-2H3,(H,19,20)/t9-,11-,12+/m1/s1. The van der Waals surface area contributed by atoms with E-state index in [1.807, 2.05) is 24.3 Å². The van der Waals surface area contributed by atoms with Crippen LogP contribution in [0.1, 0.15) is 24.8 Å². The Kier molecular flexibility index (Phi) is 4.33. The molecule has 0 aromatic heterocycles. The van der Waals surface area contributed by atoms with Gasteiger partial charge >= 0.3 is 5.97 Å². The van der Waals surface area contributed by atoms with E-state index in [9.17, 15) is 9.59 Å². The van der Waals surface area contributed by atoms with E-state index in [-0.39, 0.29) is 24.3 Å². The van der Waals surface area contributed by atoms with Crippen LogP contribution in [0.25, 0.3) is 0 Å². The molecule has 1 N–H and O–H groups in total. The summed E-state index contributed by atoms with van der Waals surface area (Å²) in [7, 11) is 1.66. The summed E-state index contributed by atoms with van der Waals surface area (Å²) in [4.78, 5) is 24.6. The normalized spacial score (nSPS) is 22.1. The van der Waals surface area contributed by atoms with Gasteiger partial charge in [0.15, 0.2) is 0 Å². The van der Waals surface area contributed by atoms with Crippen molar-refractivity contribution < 1.29 is 14.7 Å². The maximum absolute atomic E-state index is 12.2. The molecule has 0 radical (unpaired) electrons. The highest BCUT2D eigenvalue weighted by Gasteiger charge is 2.46. The molecule has 4 nitrogen and oxygen atoms in total. The summed E-state index contributed by atoms with van der Waals surface area (Å²) < 4.78 is 0. The van der Waals surface area contributed by atoms with Crippen LogP contribution >= 0.6 is 11.6 Å². The molecule has 0 aliphatic heterocycles. The van der Waals surface area contributed by atoms with Crippen molar-refractivity contribution in [1.29, 1.82) is 0 Å². The molecule has 1 amide bonds. The molecule has 0 heterocycles. The fourth-order valence-electron chi connectivity index (χ4n) is 2.45. The Morgan fingerprint density at radius 2 is 2.10 bits per heavy atom. The fraction of sp³-hybridized carbons (Fsp3) is 0.467. The minimum Gasteiger partial charge on any atom is -0.481 e. The number of halogens is 1. The first-order chi connectivity index (χ1) is 9.41. The molecule has 2 rings (SSSR count). The van der Waals surface area contributed by atoms with Crippen molar-refractivity contribution in [3.8, 4) is 0 Å². The van der Waals surface area contributed by atoms with E-state index < -0.39 is 11.9 Å². The molecule has 0 spiro atoms. The van der Waals surface area contributed by atoms with Crippen molar-refractivity contribution in [2.24, 2.45) is 11.8 Å². The van der Waals surface area contributed by atoms with Crippen LogP contribution < -0.4 is 0 Å². The lowest BCUT2D eigenvalue weighted by molar-refractivity contribution is -0.142. The molecule has 1 fully saturated rings. The maximum atomic E-state index is 12.2. The van der Waals surface area contributed by atoms with E-state index in [4.69, 9.17) is 16.7 Å². The molecule has 1 aromatic rings. The van der Waals surface area contributed by atoms with Crippen LogP contribution in [0.15, 0.2) is 24.3 Å². The van der Waals surface area contributed by atoms with Gasteiger partial charge in [-0.2, -0.15) is 0 Å².